The van der Waals surface area contributed by atoms with Crippen LogP contribution in [0.3, 0.4) is 0 Å². The molecule has 1 amide bonds. The van der Waals surface area contributed by atoms with Gasteiger partial charge in [-0.05, 0) is 25.3 Å². The molecule has 0 unspecified atom stereocenters. The van der Waals surface area contributed by atoms with Gasteiger partial charge in [0.1, 0.15) is 10.9 Å². The Morgan fingerprint density at radius 1 is 1.40 bits per heavy atom. The maximum atomic E-state index is 12.1. The Morgan fingerprint density at radius 3 is 2.80 bits per heavy atom. The average Bonchev–Trinajstić information content (AvgIpc) is 2.78. The SMILES string of the molecule is CCOC(=O)c1c(NC(=O)CCl)sc2c1CCCC2=O. The van der Waals surface area contributed by atoms with Crippen molar-refractivity contribution in [3.8, 4) is 0 Å². The number of ether oxygens (including phenoxy) is 1. The number of alkyl halides is 1. The molecule has 0 saturated heterocycles. The summed E-state index contributed by atoms with van der Waals surface area (Å²) in [6, 6.07) is 0. The highest BCUT2D eigenvalue weighted by Gasteiger charge is 2.30. The Balaban J connectivity index is 2.46. The van der Waals surface area contributed by atoms with Crippen LogP contribution in [0.1, 0.15) is 45.4 Å². The number of amides is 1. The molecule has 0 aliphatic heterocycles. The van der Waals surface area contributed by atoms with E-state index in [1.165, 1.54) is 0 Å². The minimum atomic E-state index is -0.510. The lowest BCUT2D eigenvalue weighted by atomic mass is 9.94. The van der Waals surface area contributed by atoms with Crippen molar-refractivity contribution in [2.24, 2.45) is 0 Å². The van der Waals surface area contributed by atoms with Gasteiger partial charge in [-0.15, -0.1) is 22.9 Å². The molecule has 1 aliphatic carbocycles. The van der Waals surface area contributed by atoms with E-state index in [0.29, 0.717) is 40.3 Å². The van der Waals surface area contributed by atoms with Crippen molar-refractivity contribution in [3.63, 3.8) is 0 Å². The zero-order chi connectivity index (χ0) is 14.7. The van der Waals surface area contributed by atoms with Gasteiger partial charge in [0.05, 0.1) is 17.0 Å². The largest absolute Gasteiger partial charge is 0.462 e. The molecule has 1 aromatic heterocycles. The molecule has 0 aromatic carbocycles. The van der Waals surface area contributed by atoms with Crippen LogP contribution in [0.2, 0.25) is 0 Å². The number of nitrogens with one attached hydrogen (secondary N) is 1. The first-order valence-electron chi connectivity index (χ1n) is 6.30. The lowest BCUT2D eigenvalue weighted by Crippen LogP contribution is -2.16. The van der Waals surface area contributed by atoms with Crippen LogP contribution in [0, 0.1) is 0 Å². The van der Waals surface area contributed by atoms with Gasteiger partial charge in [0, 0.05) is 6.42 Å². The Morgan fingerprint density at radius 2 is 2.15 bits per heavy atom. The van der Waals surface area contributed by atoms with E-state index in [4.69, 9.17) is 16.3 Å². The Kier molecular flexibility index (Phi) is 4.77. The number of anilines is 1. The van der Waals surface area contributed by atoms with E-state index in [9.17, 15) is 14.4 Å². The number of rotatable bonds is 4. The molecule has 20 heavy (non-hydrogen) atoms. The zero-order valence-corrected chi connectivity index (χ0v) is 12.5. The summed E-state index contributed by atoms with van der Waals surface area (Å²) in [7, 11) is 0. The van der Waals surface area contributed by atoms with E-state index in [1.807, 2.05) is 0 Å². The Labute approximate surface area is 125 Å². The van der Waals surface area contributed by atoms with Gasteiger partial charge in [0.2, 0.25) is 5.91 Å². The van der Waals surface area contributed by atoms with E-state index in [-0.39, 0.29) is 18.3 Å². The second kappa shape index (κ2) is 6.37. The first-order chi connectivity index (χ1) is 9.58. The van der Waals surface area contributed by atoms with E-state index in [0.717, 1.165) is 11.3 Å². The molecule has 5 nitrogen and oxygen atoms in total. The highest BCUT2D eigenvalue weighted by atomic mass is 35.5. The quantitative estimate of drug-likeness (QED) is 0.685. The zero-order valence-electron chi connectivity index (χ0n) is 11.0. The molecule has 1 heterocycles. The standard InChI is InChI=1S/C13H14ClNO4S/c1-2-19-13(18)10-7-4-3-5-8(16)11(7)20-12(10)15-9(17)6-14/h2-6H2,1H3,(H,15,17). The van der Waals surface area contributed by atoms with Gasteiger partial charge in [0.15, 0.2) is 5.78 Å². The summed E-state index contributed by atoms with van der Waals surface area (Å²) < 4.78 is 5.02. The summed E-state index contributed by atoms with van der Waals surface area (Å²) >= 11 is 6.59. The predicted octanol–water partition coefficient (Wildman–Crippen LogP) is 2.62. The van der Waals surface area contributed by atoms with Gasteiger partial charge in [0.25, 0.3) is 0 Å². The van der Waals surface area contributed by atoms with E-state index in [2.05, 4.69) is 5.32 Å². The van der Waals surface area contributed by atoms with Crippen LogP contribution < -0.4 is 5.32 Å². The van der Waals surface area contributed by atoms with Crippen LogP contribution in [0.15, 0.2) is 0 Å². The van der Waals surface area contributed by atoms with Gasteiger partial charge in [-0.2, -0.15) is 0 Å². The van der Waals surface area contributed by atoms with Crippen molar-refractivity contribution in [3.05, 3.63) is 16.0 Å². The van der Waals surface area contributed by atoms with Crippen molar-refractivity contribution < 1.29 is 19.1 Å². The molecule has 0 spiro atoms. The minimum absolute atomic E-state index is 0.00757. The van der Waals surface area contributed by atoms with Gasteiger partial charge in [-0.1, -0.05) is 0 Å². The van der Waals surface area contributed by atoms with Crippen LogP contribution in [-0.2, 0) is 16.0 Å². The summed E-state index contributed by atoms with van der Waals surface area (Å²) in [5.74, 6) is -1.13. The fourth-order valence-corrected chi connectivity index (χ4v) is 3.42. The summed E-state index contributed by atoms with van der Waals surface area (Å²) in [5, 5.41) is 2.93. The number of hydrogen-bond acceptors (Lipinski definition) is 5. The Bertz CT molecular complexity index is 567. The smallest absolute Gasteiger partial charge is 0.341 e. The molecule has 0 saturated carbocycles. The molecule has 0 bridgehead atoms. The molecule has 7 heteroatoms. The van der Waals surface area contributed by atoms with Crippen LogP contribution >= 0.6 is 22.9 Å². The first-order valence-corrected chi connectivity index (χ1v) is 7.65. The summed E-state index contributed by atoms with van der Waals surface area (Å²) in [6.07, 6.45) is 1.82. The van der Waals surface area contributed by atoms with Crippen LogP contribution in [-0.4, -0.2) is 30.1 Å². The van der Waals surface area contributed by atoms with Crippen LogP contribution in [0.5, 0.6) is 0 Å². The summed E-state index contributed by atoms with van der Waals surface area (Å²) in [4.78, 5) is 36.0. The van der Waals surface area contributed by atoms with Crippen LogP contribution in [0.25, 0.3) is 0 Å². The van der Waals surface area contributed by atoms with Crippen molar-refractivity contribution in [2.75, 3.05) is 17.8 Å². The van der Waals surface area contributed by atoms with Crippen LogP contribution in [0.4, 0.5) is 5.00 Å². The molecule has 108 valence electrons. The fourth-order valence-electron chi connectivity index (χ4n) is 2.14. The molecule has 2 rings (SSSR count). The molecule has 1 aliphatic rings. The van der Waals surface area contributed by atoms with Gasteiger partial charge in [-0.3, -0.25) is 9.59 Å². The van der Waals surface area contributed by atoms with E-state index >= 15 is 0 Å². The third-order valence-corrected chi connectivity index (χ3v) is 4.38. The number of ketones is 1. The number of hydrogen-bond donors (Lipinski definition) is 1. The third kappa shape index (κ3) is 2.86. The van der Waals surface area contributed by atoms with E-state index in [1.54, 1.807) is 6.92 Å². The monoisotopic (exact) mass is 315 g/mol. The summed E-state index contributed by atoms with van der Waals surface area (Å²) in [5.41, 5.74) is 0.993. The summed E-state index contributed by atoms with van der Waals surface area (Å²) in [6.45, 7) is 1.94. The van der Waals surface area contributed by atoms with Crippen molar-refractivity contribution in [1.82, 2.24) is 0 Å². The number of Topliss-reactive ketones (excluding diaryl/α,β-unsaturated/α-hetero) is 1. The van der Waals surface area contributed by atoms with Gasteiger partial charge >= 0.3 is 5.97 Å². The number of halogens is 1. The number of carbonyl (C=O) groups excluding carboxylic acids is 3. The van der Waals surface area contributed by atoms with Gasteiger partial charge < -0.3 is 10.1 Å². The Hall–Kier alpha value is -1.40. The van der Waals surface area contributed by atoms with Crippen molar-refractivity contribution in [1.29, 1.82) is 0 Å². The highest BCUT2D eigenvalue weighted by Crippen LogP contribution is 2.38. The highest BCUT2D eigenvalue weighted by molar-refractivity contribution is 7.18. The second-order valence-electron chi connectivity index (χ2n) is 4.29. The lowest BCUT2D eigenvalue weighted by Gasteiger charge is -2.11. The van der Waals surface area contributed by atoms with E-state index < -0.39 is 11.9 Å². The maximum Gasteiger partial charge on any atom is 0.341 e. The number of carbonyl (C=O) groups is 3. The predicted molar refractivity (Wildman–Crippen MR) is 76.9 cm³/mol. The van der Waals surface area contributed by atoms with Gasteiger partial charge in [-0.25, -0.2) is 4.79 Å². The number of esters is 1. The average molecular weight is 316 g/mol. The molecule has 1 aromatic rings. The number of fused-ring (bicyclic) bond motifs is 1. The molecule has 0 atom stereocenters. The first kappa shape index (κ1) is 15.0. The molecule has 0 fully saturated rings. The topological polar surface area (TPSA) is 72.5 Å². The molecule has 1 N–H and O–H groups in total. The number of thiophene rings is 1. The van der Waals surface area contributed by atoms with Crippen molar-refractivity contribution in [2.45, 2.75) is 26.2 Å². The maximum absolute atomic E-state index is 12.1. The van der Waals surface area contributed by atoms with Crippen molar-refractivity contribution >= 4 is 45.6 Å². The lowest BCUT2D eigenvalue weighted by molar-refractivity contribution is -0.113. The molecule has 0 radical (unpaired) electrons. The molecular formula is C13H14ClNO4S. The molecular weight excluding hydrogens is 302 g/mol. The fraction of sp³-hybridized carbons (Fsp3) is 0.462. The minimum Gasteiger partial charge on any atom is -0.462 e. The third-order valence-electron chi connectivity index (χ3n) is 2.94. The second-order valence-corrected chi connectivity index (χ2v) is 5.58. The normalized spacial score (nSPS) is 13.8.